The van der Waals surface area contributed by atoms with Crippen molar-refractivity contribution < 1.29 is 14.3 Å². The fourth-order valence-corrected chi connectivity index (χ4v) is 3.28. The summed E-state index contributed by atoms with van der Waals surface area (Å²) < 4.78 is 11.2. The van der Waals surface area contributed by atoms with Crippen molar-refractivity contribution in [1.29, 1.82) is 0 Å². The summed E-state index contributed by atoms with van der Waals surface area (Å²) >= 11 is 6.12. The third-order valence-electron chi connectivity index (χ3n) is 4.77. The van der Waals surface area contributed by atoms with E-state index in [1.165, 1.54) is 5.56 Å². The van der Waals surface area contributed by atoms with E-state index in [4.69, 9.17) is 21.1 Å². The van der Waals surface area contributed by atoms with E-state index in [2.05, 4.69) is 34.5 Å². The summed E-state index contributed by atoms with van der Waals surface area (Å²) in [6.45, 7) is 6.88. The van der Waals surface area contributed by atoms with Gasteiger partial charge in [0.1, 0.15) is 5.75 Å². The Morgan fingerprint density at radius 2 is 1.82 bits per heavy atom. The van der Waals surface area contributed by atoms with Crippen molar-refractivity contribution in [3.05, 3.63) is 64.7 Å². The van der Waals surface area contributed by atoms with Crippen LogP contribution in [0.2, 0.25) is 5.02 Å². The number of ether oxygens (including phenoxy) is 2. The molecule has 0 radical (unpaired) electrons. The first kappa shape index (κ1) is 20.6. The lowest BCUT2D eigenvalue weighted by Crippen LogP contribution is -2.37. The Labute approximate surface area is 171 Å². The summed E-state index contributed by atoms with van der Waals surface area (Å²) in [7, 11) is 0. The van der Waals surface area contributed by atoms with Crippen LogP contribution in [0.5, 0.6) is 5.75 Å². The molecule has 2 aromatic carbocycles. The second-order valence-electron chi connectivity index (χ2n) is 6.87. The van der Waals surface area contributed by atoms with E-state index < -0.39 is 6.10 Å². The number of benzene rings is 2. The van der Waals surface area contributed by atoms with Gasteiger partial charge in [0.05, 0.1) is 18.2 Å². The van der Waals surface area contributed by atoms with E-state index in [9.17, 15) is 4.79 Å². The van der Waals surface area contributed by atoms with Gasteiger partial charge < -0.3 is 14.8 Å². The molecule has 3 rings (SSSR count). The number of hydrogen-bond acceptors (Lipinski definition) is 4. The first-order chi connectivity index (χ1) is 13.7. The quantitative estimate of drug-likeness (QED) is 0.732. The number of morpholine rings is 1. The van der Waals surface area contributed by atoms with Crippen LogP contribution in [-0.2, 0) is 22.6 Å². The van der Waals surface area contributed by atoms with Gasteiger partial charge in [-0.2, -0.15) is 0 Å². The summed E-state index contributed by atoms with van der Waals surface area (Å²) in [6.07, 6.45) is -0.00396. The molecule has 0 unspecified atom stereocenters. The fraction of sp³-hybridized carbons (Fsp3) is 0.409. The highest BCUT2D eigenvalue weighted by atomic mass is 35.5. The molecule has 1 saturated heterocycles. The van der Waals surface area contributed by atoms with Crippen LogP contribution in [0.4, 0.5) is 0 Å². The van der Waals surface area contributed by atoms with Crippen molar-refractivity contribution in [2.75, 3.05) is 26.3 Å². The third kappa shape index (κ3) is 5.96. The van der Waals surface area contributed by atoms with Gasteiger partial charge in [-0.3, -0.25) is 9.69 Å². The molecule has 0 bridgehead atoms. The zero-order valence-electron chi connectivity index (χ0n) is 16.2. The van der Waals surface area contributed by atoms with Crippen LogP contribution in [-0.4, -0.2) is 43.2 Å². The number of para-hydroxylation sites is 1. The molecular weight excluding hydrogens is 376 g/mol. The lowest BCUT2D eigenvalue weighted by molar-refractivity contribution is -0.128. The standard InChI is InChI=1S/C22H27ClN2O3/c1-2-20(28-21-6-4-3-5-19(21)23)22(26)24-15-17-7-9-18(10-8-17)16-25-11-13-27-14-12-25/h3-10,20H,2,11-16H2,1H3,(H,24,26)/t20-/m1/s1. The Balaban J connectivity index is 1.49. The van der Waals surface area contributed by atoms with E-state index in [1.807, 2.05) is 19.1 Å². The highest BCUT2D eigenvalue weighted by Crippen LogP contribution is 2.24. The molecular formula is C22H27ClN2O3. The van der Waals surface area contributed by atoms with Gasteiger partial charge >= 0.3 is 0 Å². The largest absolute Gasteiger partial charge is 0.479 e. The van der Waals surface area contributed by atoms with Crippen molar-refractivity contribution in [3.63, 3.8) is 0 Å². The Bertz CT molecular complexity index is 761. The van der Waals surface area contributed by atoms with E-state index in [0.29, 0.717) is 23.7 Å². The number of nitrogens with one attached hydrogen (secondary N) is 1. The zero-order valence-corrected chi connectivity index (χ0v) is 17.0. The summed E-state index contributed by atoms with van der Waals surface area (Å²) in [6, 6.07) is 15.6. The fourth-order valence-electron chi connectivity index (χ4n) is 3.10. The maximum Gasteiger partial charge on any atom is 0.261 e. The van der Waals surface area contributed by atoms with Crippen LogP contribution in [0.3, 0.4) is 0 Å². The van der Waals surface area contributed by atoms with Crippen LogP contribution in [0.25, 0.3) is 0 Å². The van der Waals surface area contributed by atoms with Crippen molar-refractivity contribution in [1.82, 2.24) is 10.2 Å². The predicted molar refractivity (Wildman–Crippen MR) is 111 cm³/mol. The maximum absolute atomic E-state index is 12.5. The molecule has 0 spiro atoms. The van der Waals surface area contributed by atoms with Gasteiger partial charge in [0, 0.05) is 26.2 Å². The van der Waals surface area contributed by atoms with Crippen LogP contribution < -0.4 is 10.1 Å². The normalized spacial score (nSPS) is 15.8. The van der Waals surface area contributed by atoms with Crippen LogP contribution in [0.1, 0.15) is 24.5 Å². The smallest absolute Gasteiger partial charge is 0.261 e. The van der Waals surface area contributed by atoms with Gasteiger partial charge in [0.2, 0.25) is 0 Å². The van der Waals surface area contributed by atoms with Crippen LogP contribution in [0, 0.1) is 0 Å². The number of carbonyl (C=O) groups is 1. The second-order valence-corrected chi connectivity index (χ2v) is 7.28. The Morgan fingerprint density at radius 1 is 1.14 bits per heavy atom. The van der Waals surface area contributed by atoms with E-state index in [0.717, 1.165) is 38.4 Å². The molecule has 1 amide bonds. The highest BCUT2D eigenvalue weighted by molar-refractivity contribution is 6.32. The lowest BCUT2D eigenvalue weighted by atomic mass is 10.1. The Hall–Kier alpha value is -2.08. The summed E-state index contributed by atoms with van der Waals surface area (Å²) in [5.74, 6) is 0.387. The van der Waals surface area contributed by atoms with Gasteiger partial charge in [-0.1, -0.05) is 54.9 Å². The van der Waals surface area contributed by atoms with E-state index >= 15 is 0 Å². The molecule has 0 aliphatic carbocycles. The molecule has 2 aromatic rings. The first-order valence-corrected chi connectivity index (χ1v) is 10.1. The molecule has 6 heteroatoms. The highest BCUT2D eigenvalue weighted by Gasteiger charge is 2.19. The number of amides is 1. The SMILES string of the molecule is CC[C@@H](Oc1ccccc1Cl)C(=O)NCc1ccc(CN2CCOCC2)cc1. The number of halogens is 1. The Kier molecular flexibility index (Phi) is 7.71. The second kappa shape index (κ2) is 10.5. The van der Waals surface area contributed by atoms with Crippen LogP contribution in [0.15, 0.2) is 48.5 Å². The number of nitrogens with zero attached hydrogens (tertiary/aromatic N) is 1. The van der Waals surface area contributed by atoms with Gasteiger partial charge in [-0.05, 0) is 29.7 Å². The van der Waals surface area contributed by atoms with Crippen molar-refractivity contribution in [2.45, 2.75) is 32.5 Å². The molecule has 5 nitrogen and oxygen atoms in total. The van der Waals surface area contributed by atoms with Gasteiger partial charge in [-0.25, -0.2) is 0 Å². The van der Waals surface area contributed by atoms with Gasteiger partial charge in [0.15, 0.2) is 6.10 Å². The number of rotatable bonds is 8. The molecule has 0 saturated carbocycles. The lowest BCUT2D eigenvalue weighted by Gasteiger charge is -2.26. The maximum atomic E-state index is 12.5. The van der Waals surface area contributed by atoms with E-state index in [-0.39, 0.29) is 5.91 Å². The summed E-state index contributed by atoms with van der Waals surface area (Å²) in [5, 5.41) is 3.46. The topological polar surface area (TPSA) is 50.8 Å². The molecule has 1 heterocycles. The molecule has 1 fully saturated rings. The summed E-state index contributed by atoms with van der Waals surface area (Å²) in [5.41, 5.74) is 2.33. The van der Waals surface area contributed by atoms with Gasteiger partial charge in [0.25, 0.3) is 5.91 Å². The minimum atomic E-state index is -0.569. The monoisotopic (exact) mass is 402 g/mol. The zero-order chi connectivity index (χ0) is 19.8. The molecule has 1 N–H and O–H groups in total. The average molecular weight is 403 g/mol. The molecule has 150 valence electrons. The van der Waals surface area contributed by atoms with Crippen molar-refractivity contribution in [3.8, 4) is 5.75 Å². The Morgan fingerprint density at radius 3 is 2.50 bits per heavy atom. The molecule has 1 aliphatic heterocycles. The molecule has 1 aliphatic rings. The van der Waals surface area contributed by atoms with Gasteiger partial charge in [-0.15, -0.1) is 0 Å². The number of carbonyl (C=O) groups excluding carboxylic acids is 1. The minimum Gasteiger partial charge on any atom is -0.479 e. The third-order valence-corrected chi connectivity index (χ3v) is 5.08. The molecule has 1 atom stereocenters. The van der Waals surface area contributed by atoms with Crippen LogP contribution >= 0.6 is 11.6 Å². The van der Waals surface area contributed by atoms with Crippen molar-refractivity contribution in [2.24, 2.45) is 0 Å². The van der Waals surface area contributed by atoms with E-state index in [1.54, 1.807) is 12.1 Å². The predicted octanol–water partition coefficient (Wildman–Crippen LogP) is 3.65. The first-order valence-electron chi connectivity index (χ1n) is 9.72. The molecule has 0 aromatic heterocycles. The average Bonchev–Trinajstić information content (AvgIpc) is 2.73. The summed E-state index contributed by atoms with van der Waals surface area (Å²) in [4.78, 5) is 14.9. The molecule has 28 heavy (non-hydrogen) atoms. The number of hydrogen-bond donors (Lipinski definition) is 1. The minimum absolute atomic E-state index is 0.139. The van der Waals surface area contributed by atoms with Crippen molar-refractivity contribution >= 4 is 17.5 Å².